The van der Waals surface area contributed by atoms with Gasteiger partial charge in [0.05, 0.1) is 11.0 Å². The van der Waals surface area contributed by atoms with Crippen LogP contribution in [-0.4, -0.2) is 19.5 Å². The summed E-state index contributed by atoms with van der Waals surface area (Å²) in [4.78, 5) is 16.1. The molecular formula is C52H32N4S. The van der Waals surface area contributed by atoms with Crippen LogP contribution in [-0.2, 0) is 0 Å². The van der Waals surface area contributed by atoms with Crippen molar-refractivity contribution in [3.63, 3.8) is 0 Å². The second-order valence-corrected chi connectivity index (χ2v) is 15.8. The van der Waals surface area contributed by atoms with E-state index in [0.29, 0.717) is 17.6 Å². The Balaban J connectivity index is 1.12. The maximum absolute atomic E-state index is 5.39. The number of fused-ring (bicyclic) bond motifs is 9. The summed E-state index contributed by atoms with van der Waals surface area (Å²) < 4.78 is 4.64. The molecule has 1 atom stereocenters. The minimum absolute atomic E-state index is 0.113. The Labute approximate surface area is 333 Å². The first-order valence-electron chi connectivity index (χ1n) is 19.3. The van der Waals surface area contributed by atoms with Gasteiger partial charge in [0.25, 0.3) is 0 Å². The van der Waals surface area contributed by atoms with Gasteiger partial charge in [-0.3, -0.25) is 4.57 Å². The Morgan fingerprint density at radius 3 is 1.96 bits per heavy atom. The molecule has 11 aromatic rings. The van der Waals surface area contributed by atoms with Crippen LogP contribution in [0.4, 0.5) is 0 Å². The molecule has 0 bridgehead atoms. The quantitative estimate of drug-likeness (QED) is 0.176. The number of hydrogen-bond acceptors (Lipinski definition) is 4. The van der Waals surface area contributed by atoms with Gasteiger partial charge in [0, 0.05) is 48.0 Å². The Kier molecular flexibility index (Phi) is 7.13. The third kappa shape index (κ3) is 5.03. The average Bonchev–Trinajstić information content (AvgIpc) is 3.94. The van der Waals surface area contributed by atoms with E-state index in [1.807, 2.05) is 0 Å². The van der Waals surface area contributed by atoms with Gasteiger partial charge < -0.3 is 0 Å². The van der Waals surface area contributed by atoms with Crippen molar-refractivity contribution in [1.82, 2.24) is 19.5 Å². The van der Waals surface area contributed by atoms with E-state index in [9.17, 15) is 0 Å². The predicted molar refractivity (Wildman–Crippen MR) is 236 cm³/mol. The standard InChI is InChI=1S/C52H32N4S/c1-3-14-32(15-4-1)34-27-29-46-43(30-34)38-19-9-11-24-45(38)56(46)52-54-50(53-51(55-52)42-23-13-22-41-39-20-10-12-25-47(39)57-49(41)42)35-26-28-37-36-18-7-8-21-40(36)48(44(37)31-35)33-16-5-2-6-17-33/h1-31,48H. The van der Waals surface area contributed by atoms with Crippen LogP contribution in [0.15, 0.2) is 188 Å². The zero-order valence-corrected chi connectivity index (χ0v) is 31.5. The summed E-state index contributed by atoms with van der Waals surface area (Å²) in [5.74, 6) is 2.00. The van der Waals surface area contributed by atoms with Gasteiger partial charge in [-0.05, 0) is 75.3 Å². The summed E-state index contributed by atoms with van der Waals surface area (Å²) in [6, 6.07) is 67.3. The van der Waals surface area contributed by atoms with Gasteiger partial charge in [0.1, 0.15) is 0 Å². The fourth-order valence-electron chi connectivity index (χ4n) is 8.99. The Bertz CT molecular complexity index is 3360. The Morgan fingerprint density at radius 2 is 1.07 bits per heavy atom. The van der Waals surface area contributed by atoms with Crippen LogP contribution in [0.5, 0.6) is 0 Å². The number of thiophene rings is 1. The maximum atomic E-state index is 5.39. The van der Waals surface area contributed by atoms with E-state index < -0.39 is 0 Å². The maximum Gasteiger partial charge on any atom is 0.238 e. The summed E-state index contributed by atoms with van der Waals surface area (Å²) in [5, 5.41) is 4.77. The van der Waals surface area contributed by atoms with Gasteiger partial charge in [-0.2, -0.15) is 9.97 Å². The Hall–Kier alpha value is -7.21. The second-order valence-electron chi connectivity index (χ2n) is 14.7. The third-order valence-corrected chi connectivity index (χ3v) is 12.8. The molecule has 3 heterocycles. The average molecular weight is 745 g/mol. The summed E-state index contributed by atoms with van der Waals surface area (Å²) in [6.45, 7) is 0. The monoisotopic (exact) mass is 744 g/mol. The molecule has 0 amide bonds. The number of hydrogen-bond donors (Lipinski definition) is 0. The van der Waals surface area contributed by atoms with Crippen molar-refractivity contribution in [2.75, 3.05) is 0 Å². The van der Waals surface area contributed by atoms with Crippen molar-refractivity contribution < 1.29 is 0 Å². The lowest BCUT2D eigenvalue weighted by molar-refractivity contribution is 0.953. The molecule has 4 nitrogen and oxygen atoms in total. The van der Waals surface area contributed by atoms with E-state index in [1.54, 1.807) is 11.3 Å². The zero-order chi connectivity index (χ0) is 37.5. The number of aromatic nitrogens is 4. The smallest absolute Gasteiger partial charge is 0.238 e. The number of nitrogens with zero attached hydrogens (tertiary/aromatic N) is 4. The minimum atomic E-state index is 0.113. The van der Waals surface area contributed by atoms with Crippen molar-refractivity contribution >= 4 is 53.3 Å². The second kappa shape index (κ2) is 12.7. The van der Waals surface area contributed by atoms with Crippen molar-refractivity contribution in [3.05, 3.63) is 205 Å². The Morgan fingerprint density at radius 1 is 0.404 bits per heavy atom. The molecule has 1 aliphatic rings. The van der Waals surface area contributed by atoms with E-state index in [2.05, 4.69) is 193 Å². The molecule has 1 aliphatic carbocycles. The van der Waals surface area contributed by atoms with Crippen LogP contribution >= 0.6 is 11.3 Å². The highest BCUT2D eigenvalue weighted by molar-refractivity contribution is 7.26. The molecule has 1 unspecified atom stereocenters. The summed E-state index contributed by atoms with van der Waals surface area (Å²) in [6.07, 6.45) is 0. The number of para-hydroxylation sites is 1. The molecule has 0 aliphatic heterocycles. The molecule has 0 fully saturated rings. The highest BCUT2D eigenvalue weighted by Gasteiger charge is 2.30. The molecule has 0 radical (unpaired) electrons. The molecule has 57 heavy (non-hydrogen) atoms. The van der Waals surface area contributed by atoms with Crippen LogP contribution in [0.3, 0.4) is 0 Å². The number of rotatable bonds is 5. The summed E-state index contributed by atoms with van der Waals surface area (Å²) >= 11 is 1.79. The lowest BCUT2D eigenvalue weighted by Crippen LogP contribution is -2.07. The molecule has 0 saturated heterocycles. The topological polar surface area (TPSA) is 43.6 Å². The van der Waals surface area contributed by atoms with Crippen LogP contribution in [0.1, 0.15) is 22.6 Å². The zero-order valence-electron chi connectivity index (χ0n) is 30.7. The van der Waals surface area contributed by atoms with Gasteiger partial charge in [-0.1, -0.05) is 152 Å². The molecule has 3 aromatic heterocycles. The predicted octanol–water partition coefficient (Wildman–Crippen LogP) is 13.5. The van der Waals surface area contributed by atoms with E-state index in [4.69, 9.17) is 15.0 Å². The highest BCUT2D eigenvalue weighted by atomic mass is 32.1. The third-order valence-electron chi connectivity index (χ3n) is 11.6. The highest BCUT2D eigenvalue weighted by Crippen LogP contribution is 2.49. The van der Waals surface area contributed by atoms with Crippen molar-refractivity contribution in [2.24, 2.45) is 0 Å². The molecule has 8 aromatic carbocycles. The van der Waals surface area contributed by atoms with E-state index in [-0.39, 0.29) is 5.92 Å². The first kappa shape index (κ1) is 32.1. The van der Waals surface area contributed by atoms with E-state index >= 15 is 0 Å². The molecule has 12 rings (SSSR count). The van der Waals surface area contributed by atoms with Gasteiger partial charge in [-0.25, -0.2) is 4.98 Å². The molecule has 0 saturated carbocycles. The number of benzene rings is 8. The van der Waals surface area contributed by atoms with Crippen molar-refractivity contribution in [3.8, 4) is 51.0 Å². The first-order valence-corrected chi connectivity index (χ1v) is 20.1. The molecule has 5 heteroatoms. The van der Waals surface area contributed by atoms with Crippen molar-refractivity contribution in [1.29, 1.82) is 0 Å². The van der Waals surface area contributed by atoms with Crippen LogP contribution < -0.4 is 0 Å². The molecule has 0 spiro atoms. The fourth-order valence-corrected chi connectivity index (χ4v) is 10.2. The molecule has 0 N–H and O–H groups in total. The van der Waals surface area contributed by atoms with Crippen molar-refractivity contribution in [2.45, 2.75) is 5.92 Å². The van der Waals surface area contributed by atoms with Gasteiger partial charge in [0.2, 0.25) is 5.95 Å². The van der Waals surface area contributed by atoms with Gasteiger partial charge in [-0.15, -0.1) is 11.3 Å². The van der Waals surface area contributed by atoms with E-state index in [0.717, 1.165) is 32.9 Å². The first-order chi connectivity index (χ1) is 28.3. The van der Waals surface area contributed by atoms with Crippen LogP contribution in [0, 0.1) is 0 Å². The lowest BCUT2D eigenvalue weighted by atomic mass is 9.89. The van der Waals surface area contributed by atoms with Crippen LogP contribution in [0.25, 0.3) is 93.0 Å². The largest absolute Gasteiger partial charge is 0.278 e. The summed E-state index contributed by atoms with van der Waals surface area (Å²) in [5.41, 5.74) is 12.8. The molecule has 266 valence electrons. The molecular weight excluding hydrogens is 713 g/mol. The van der Waals surface area contributed by atoms with Gasteiger partial charge >= 0.3 is 0 Å². The summed E-state index contributed by atoms with van der Waals surface area (Å²) in [7, 11) is 0. The minimum Gasteiger partial charge on any atom is -0.278 e. The van der Waals surface area contributed by atoms with Gasteiger partial charge in [0.15, 0.2) is 11.6 Å². The lowest BCUT2D eigenvalue weighted by Gasteiger charge is -2.15. The van der Waals surface area contributed by atoms with Crippen LogP contribution in [0.2, 0.25) is 0 Å². The SMILES string of the molecule is c1ccc(-c2ccc3c(c2)c2ccccc2n3-c2nc(-c3ccc4c(c3)C(c3ccccc3)c3ccccc3-4)nc(-c3cccc4c3sc3ccccc34)n2)cc1. The normalized spacial score (nSPS) is 13.4. The van der Waals surface area contributed by atoms with E-state index in [1.165, 1.54) is 59.1 Å². The fraction of sp³-hybridized carbons (Fsp3) is 0.0192.